The lowest BCUT2D eigenvalue weighted by Crippen LogP contribution is -2.35. The van der Waals surface area contributed by atoms with Crippen molar-refractivity contribution in [2.75, 3.05) is 13.2 Å². The highest BCUT2D eigenvalue weighted by Gasteiger charge is 2.15. The standard InChI is InChI=1S/C17H26FNO2/c1-4-21-17(20)12-16(19-10-9-13(2)3)11-14-5-7-15(18)8-6-14/h5-8,13,16,19H,4,9-12H2,1-3H3. The van der Waals surface area contributed by atoms with Crippen LogP contribution < -0.4 is 5.32 Å². The quantitative estimate of drug-likeness (QED) is 0.710. The molecule has 0 aliphatic heterocycles. The molecular formula is C17H26FNO2. The Labute approximate surface area is 126 Å². The van der Waals surface area contributed by atoms with E-state index in [-0.39, 0.29) is 17.8 Å². The maximum absolute atomic E-state index is 12.9. The molecule has 1 N–H and O–H groups in total. The first kappa shape index (κ1) is 17.6. The fraction of sp³-hybridized carbons (Fsp3) is 0.588. The van der Waals surface area contributed by atoms with Gasteiger partial charge in [0.05, 0.1) is 13.0 Å². The molecule has 3 nitrogen and oxygen atoms in total. The average Bonchev–Trinajstić information content (AvgIpc) is 2.41. The highest BCUT2D eigenvalue weighted by molar-refractivity contribution is 5.70. The lowest BCUT2D eigenvalue weighted by Gasteiger charge is -2.19. The monoisotopic (exact) mass is 295 g/mol. The first-order valence-electron chi connectivity index (χ1n) is 7.64. The molecule has 118 valence electrons. The second-order valence-electron chi connectivity index (χ2n) is 5.67. The molecule has 0 aliphatic rings. The van der Waals surface area contributed by atoms with Crippen LogP contribution in [0.2, 0.25) is 0 Å². The first-order valence-corrected chi connectivity index (χ1v) is 7.64. The van der Waals surface area contributed by atoms with Gasteiger partial charge in [-0.1, -0.05) is 26.0 Å². The second kappa shape index (κ2) is 9.50. The molecule has 1 unspecified atom stereocenters. The average molecular weight is 295 g/mol. The van der Waals surface area contributed by atoms with Gasteiger partial charge in [0.2, 0.25) is 0 Å². The van der Waals surface area contributed by atoms with Gasteiger partial charge in [-0.25, -0.2) is 4.39 Å². The summed E-state index contributed by atoms with van der Waals surface area (Å²) in [6.45, 7) is 7.40. The third-order valence-corrected chi connectivity index (χ3v) is 3.27. The van der Waals surface area contributed by atoms with Crippen molar-refractivity contribution in [2.45, 2.75) is 46.1 Å². The number of ether oxygens (including phenoxy) is 1. The van der Waals surface area contributed by atoms with Gasteiger partial charge in [-0.05, 0) is 49.9 Å². The van der Waals surface area contributed by atoms with Gasteiger partial charge < -0.3 is 10.1 Å². The van der Waals surface area contributed by atoms with E-state index < -0.39 is 0 Å². The Morgan fingerprint density at radius 2 is 1.95 bits per heavy atom. The predicted molar refractivity (Wildman–Crippen MR) is 82.6 cm³/mol. The summed E-state index contributed by atoms with van der Waals surface area (Å²) >= 11 is 0. The van der Waals surface area contributed by atoms with Crippen molar-refractivity contribution >= 4 is 5.97 Å². The highest BCUT2D eigenvalue weighted by atomic mass is 19.1. The van der Waals surface area contributed by atoms with E-state index in [9.17, 15) is 9.18 Å². The smallest absolute Gasteiger partial charge is 0.307 e. The summed E-state index contributed by atoms with van der Waals surface area (Å²) in [4.78, 5) is 11.7. The summed E-state index contributed by atoms with van der Waals surface area (Å²) < 4.78 is 18.0. The van der Waals surface area contributed by atoms with Crippen LogP contribution in [0.3, 0.4) is 0 Å². The van der Waals surface area contributed by atoms with Gasteiger partial charge in [-0.2, -0.15) is 0 Å². The first-order chi connectivity index (χ1) is 10.0. The Hall–Kier alpha value is -1.42. The largest absolute Gasteiger partial charge is 0.466 e. The van der Waals surface area contributed by atoms with Crippen molar-refractivity contribution in [3.8, 4) is 0 Å². The van der Waals surface area contributed by atoms with Crippen molar-refractivity contribution in [3.05, 3.63) is 35.6 Å². The van der Waals surface area contributed by atoms with Crippen molar-refractivity contribution in [1.29, 1.82) is 0 Å². The minimum atomic E-state index is -0.242. The lowest BCUT2D eigenvalue weighted by atomic mass is 10.0. The van der Waals surface area contributed by atoms with E-state index in [4.69, 9.17) is 4.74 Å². The van der Waals surface area contributed by atoms with E-state index in [0.29, 0.717) is 25.4 Å². The van der Waals surface area contributed by atoms with Crippen LogP contribution >= 0.6 is 0 Å². The number of hydrogen-bond donors (Lipinski definition) is 1. The molecule has 1 aromatic rings. The summed E-state index contributed by atoms with van der Waals surface area (Å²) in [5, 5.41) is 3.41. The Bertz CT molecular complexity index is 417. The zero-order chi connectivity index (χ0) is 15.7. The highest BCUT2D eigenvalue weighted by Crippen LogP contribution is 2.09. The van der Waals surface area contributed by atoms with Crippen molar-refractivity contribution < 1.29 is 13.9 Å². The van der Waals surface area contributed by atoms with Crippen LogP contribution in [-0.4, -0.2) is 25.2 Å². The Balaban J connectivity index is 2.57. The Kier molecular flexibility index (Phi) is 7.98. The number of rotatable bonds is 9. The van der Waals surface area contributed by atoms with Crippen LogP contribution in [0.5, 0.6) is 0 Å². The van der Waals surface area contributed by atoms with Crippen LogP contribution in [0.4, 0.5) is 4.39 Å². The molecule has 0 fully saturated rings. The van der Waals surface area contributed by atoms with Crippen molar-refractivity contribution in [3.63, 3.8) is 0 Å². The van der Waals surface area contributed by atoms with Gasteiger partial charge in [0.15, 0.2) is 0 Å². The van der Waals surface area contributed by atoms with E-state index in [1.54, 1.807) is 19.1 Å². The number of halogens is 1. The molecule has 0 saturated heterocycles. The maximum atomic E-state index is 12.9. The van der Waals surface area contributed by atoms with E-state index in [1.165, 1.54) is 12.1 Å². The summed E-state index contributed by atoms with van der Waals surface area (Å²) in [6.07, 6.45) is 2.09. The molecule has 4 heteroatoms. The van der Waals surface area contributed by atoms with Gasteiger partial charge >= 0.3 is 5.97 Å². The Morgan fingerprint density at radius 1 is 1.29 bits per heavy atom. The SMILES string of the molecule is CCOC(=O)CC(Cc1ccc(F)cc1)NCCC(C)C. The van der Waals surface area contributed by atoms with Crippen LogP contribution in [0.25, 0.3) is 0 Å². The molecule has 0 aliphatic carbocycles. The van der Waals surface area contributed by atoms with Crippen LogP contribution in [0.1, 0.15) is 39.2 Å². The molecule has 0 bridgehead atoms. The van der Waals surface area contributed by atoms with Crippen LogP contribution in [-0.2, 0) is 16.0 Å². The molecule has 1 rings (SSSR count). The maximum Gasteiger partial charge on any atom is 0.307 e. The minimum Gasteiger partial charge on any atom is -0.466 e. The van der Waals surface area contributed by atoms with E-state index in [0.717, 1.165) is 18.5 Å². The summed E-state index contributed by atoms with van der Waals surface area (Å²) in [5.74, 6) is 0.182. The fourth-order valence-electron chi connectivity index (χ4n) is 2.12. The molecular weight excluding hydrogens is 269 g/mol. The number of hydrogen-bond acceptors (Lipinski definition) is 3. The number of carbonyl (C=O) groups is 1. The molecule has 0 heterocycles. The normalized spacial score (nSPS) is 12.4. The van der Waals surface area contributed by atoms with E-state index in [1.807, 2.05) is 0 Å². The third-order valence-electron chi connectivity index (χ3n) is 3.27. The van der Waals surface area contributed by atoms with Gasteiger partial charge in [0.1, 0.15) is 5.82 Å². The molecule has 21 heavy (non-hydrogen) atoms. The molecule has 0 amide bonds. The molecule has 0 aromatic heterocycles. The third kappa shape index (κ3) is 7.81. The zero-order valence-corrected chi connectivity index (χ0v) is 13.2. The predicted octanol–water partition coefficient (Wildman–Crippen LogP) is 3.33. The second-order valence-corrected chi connectivity index (χ2v) is 5.67. The summed E-state index contributed by atoms with van der Waals surface area (Å²) in [5.41, 5.74) is 1.02. The number of carbonyl (C=O) groups excluding carboxylic acids is 1. The Morgan fingerprint density at radius 3 is 2.52 bits per heavy atom. The fourth-order valence-corrected chi connectivity index (χ4v) is 2.12. The molecule has 0 radical (unpaired) electrons. The summed E-state index contributed by atoms with van der Waals surface area (Å²) in [7, 11) is 0. The zero-order valence-electron chi connectivity index (χ0n) is 13.2. The number of esters is 1. The van der Waals surface area contributed by atoms with E-state index >= 15 is 0 Å². The van der Waals surface area contributed by atoms with Gasteiger partial charge in [-0.3, -0.25) is 4.79 Å². The van der Waals surface area contributed by atoms with Crippen LogP contribution in [0.15, 0.2) is 24.3 Å². The molecule has 0 spiro atoms. The number of benzene rings is 1. The van der Waals surface area contributed by atoms with Crippen molar-refractivity contribution in [2.24, 2.45) is 5.92 Å². The topological polar surface area (TPSA) is 38.3 Å². The number of nitrogens with one attached hydrogen (secondary N) is 1. The molecule has 1 atom stereocenters. The molecule has 1 aromatic carbocycles. The summed E-state index contributed by atoms with van der Waals surface area (Å²) in [6, 6.07) is 6.44. The van der Waals surface area contributed by atoms with Gasteiger partial charge in [-0.15, -0.1) is 0 Å². The van der Waals surface area contributed by atoms with Crippen LogP contribution in [0, 0.1) is 11.7 Å². The lowest BCUT2D eigenvalue weighted by molar-refractivity contribution is -0.143. The van der Waals surface area contributed by atoms with Crippen molar-refractivity contribution in [1.82, 2.24) is 5.32 Å². The van der Waals surface area contributed by atoms with Gasteiger partial charge in [0.25, 0.3) is 0 Å². The van der Waals surface area contributed by atoms with E-state index in [2.05, 4.69) is 19.2 Å². The van der Waals surface area contributed by atoms with Gasteiger partial charge in [0, 0.05) is 6.04 Å². The molecule has 0 saturated carbocycles. The minimum absolute atomic E-state index is 0.0215.